The predicted octanol–water partition coefficient (Wildman–Crippen LogP) is 3.17. The van der Waals surface area contributed by atoms with E-state index in [-0.39, 0.29) is 0 Å². The Kier molecular flexibility index (Phi) is 11.2. The van der Waals surface area contributed by atoms with Crippen molar-refractivity contribution in [2.24, 2.45) is 10.4 Å². The van der Waals surface area contributed by atoms with E-state index in [2.05, 4.69) is 62.0 Å². The maximum absolute atomic E-state index is 4.77. The normalized spacial score (nSPS) is 18.8. The molecule has 1 saturated heterocycles. The first-order valence-electron chi connectivity index (χ1n) is 10.8. The molecule has 0 aromatic heterocycles. The molecule has 0 bridgehead atoms. The second kappa shape index (κ2) is 12.6. The summed E-state index contributed by atoms with van der Waals surface area (Å²) in [5.74, 6) is 0.977. The maximum atomic E-state index is 4.77. The summed E-state index contributed by atoms with van der Waals surface area (Å²) >= 11 is 0. The van der Waals surface area contributed by atoms with Gasteiger partial charge >= 0.3 is 0 Å². The molecule has 1 atom stereocenters. The van der Waals surface area contributed by atoms with Gasteiger partial charge in [0.25, 0.3) is 0 Å². The number of hydrogen-bond acceptors (Lipinski definition) is 3. The molecule has 26 heavy (non-hydrogen) atoms. The van der Waals surface area contributed by atoms with E-state index in [0.29, 0.717) is 11.5 Å². The summed E-state index contributed by atoms with van der Waals surface area (Å²) < 4.78 is 0. The van der Waals surface area contributed by atoms with Crippen LogP contribution in [-0.4, -0.2) is 74.2 Å². The number of nitrogens with one attached hydrogen (secondary N) is 2. The lowest BCUT2D eigenvalue weighted by Gasteiger charge is -2.33. The summed E-state index contributed by atoms with van der Waals surface area (Å²) in [7, 11) is 0. The number of hydrogen-bond donors (Lipinski definition) is 2. The van der Waals surface area contributed by atoms with E-state index in [1.807, 2.05) is 0 Å². The first-order valence-corrected chi connectivity index (χ1v) is 10.8. The van der Waals surface area contributed by atoms with Gasteiger partial charge in [0, 0.05) is 45.3 Å². The molecule has 1 unspecified atom stereocenters. The highest BCUT2D eigenvalue weighted by atomic mass is 15.3. The van der Waals surface area contributed by atoms with Gasteiger partial charge in [0.05, 0.1) is 0 Å². The molecule has 0 radical (unpaired) electrons. The third-order valence-corrected chi connectivity index (χ3v) is 5.12. The zero-order chi connectivity index (χ0) is 19.4. The molecule has 154 valence electrons. The largest absolute Gasteiger partial charge is 0.357 e. The van der Waals surface area contributed by atoms with Crippen LogP contribution in [0, 0.1) is 5.41 Å². The van der Waals surface area contributed by atoms with Gasteiger partial charge in [-0.1, -0.05) is 27.7 Å². The van der Waals surface area contributed by atoms with Crippen LogP contribution in [0.25, 0.3) is 0 Å². The Labute approximate surface area is 163 Å². The third kappa shape index (κ3) is 11.0. The molecule has 1 aliphatic rings. The molecule has 2 N–H and O–H groups in total. The Morgan fingerprint density at radius 1 is 1.04 bits per heavy atom. The zero-order valence-corrected chi connectivity index (χ0v) is 18.4. The molecule has 1 aliphatic heterocycles. The highest BCUT2D eigenvalue weighted by Crippen LogP contribution is 2.21. The average molecular weight is 368 g/mol. The van der Waals surface area contributed by atoms with Crippen molar-refractivity contribution < 1.29 is 0 Å². The fourth-order valence-corrected chi connectivity index (χ4v) is 3.24. The lowest BCUT2D eigenvalue weighted by atomic mass is 9.89. The van der Waals surface area contributed by atoms with Gasteiger partial charge in [-0.15, -0.1) is 0 Å². The summed E-state index contributed by atoms with van der Waals surface area (Å²) in [5, 5.41) is 6.95. The number of nitrogens with zero attached hydrogens (tertiary/aromatic N) is 3. The van der Waals surface area contributed by atoms with Gasteiger partial charge in [-0.3, -0.25) is 4.99 Å². The molecule has 1 heterocycles. The Balaban J connectivity index is 2.22. The summed E-state index contributed by atoms with van der Waals surface area (Å²) in [5.41, 5.74) is 0.397. The van der Waals surface area contributed by atoms with Crippen LogP contribution in [0.15, 0.2) is 4.99 Å². The fourth-order valence-electron chi connectivity index (χ4n) is 3.24. The Hall–Kier alpha value is -0.810. The lowest BCUT2D eigenvalue weighted by molar-refractivity contribution is 0.136. The van der Waals surface area contributed by atoms with Crippen LogP contribution in [0.4, 0.5) is 0 Å². The van der Waals surface area contributed by atoms with Crippen LogP contribution < -0.4 is 10.6 Å². The molecule has 0 amide bonds. The molecule has 0 spiro atoms. The highest BCUT2D eigenvalue weighted by Gasteiger charge is 2.15. The highest BCUT2D eigenvalue weighted by molar-refractivity contribution is 5.80. The van der Waals surface area contributed by atoms with E-state index < -0.39 is 0 Å². The van der Waals surface area contributed by atoms with E-state index >= 15 is 0 Å². The zero-order valence-electron chi connectivity index (χ0n) is 18.4. The second-order valence-electron chi connectivity index (χ2n) is 8.89. The number of rotatable bonds is 10. The molecule has 1 fully saturated rings. The first-order chi connectivity index (χ1) is 12.3. The van der Waals surface area contributed by atoms with Crippen molar-refractivity contribution in [1.82, 2.24) is 20.4 Å². The average Bonchev–Trinajstić information content (AvgIpc) is 2.60. The summed E-state index contributed by atoms with van der Waals surface area (Å²) in [6, 6.07) is 0.460. The first kappa shape index (κ1) is 23.2. The van der Waals surface area contributed by atoms with Gasteiger partial charge in [-0.2, -0.15) is 0 Å². The summed E-state index contributed by atoms with van der Waals surface area (Å²) in [6.45, 7) is 22.7. The van der Waals surface area contributed by atoms with Crippen LogP contribution in [0.2, 0.25) is 0 Å². The maximum Gasteiger partial charge on any atom is 0.191 e. The minimum Gasteiger partial charge on any atom is -0.357 e. The predicted molar refractivity (Wildman–Crippen MR) is 115 cm³/mol. The van der Waals surface area contributed by atoms with Gasteiger partial charge in [-0.05, 0) is 58.0 Å². The van der Waals surface area contributed by atoms with Crippen molar-refractivity contribution in [3.63, 3.8) is 0 Å². The Morgan fingerprint density at radius 3 is 2.27 bits per heavy atom. The topological polar surface area (TPSA) is 42.9 Å². The quantitative estimate of drug-likeness (QED) is 0.354. The van der Waals surface area contributed by atoms with Crippen molar-refractivity contribution in [2.75, 3.05) is 52.4 Å². The number of likely N-dealkylation sites (N-methyl/N-ethyl adjacent to an activating group) is 1. The van der Waals surface area contributed by atoms with Crippen molar-refractivity contribution >= 4 is 5.96 Å². The molecule has 5 nitrogen and oxygen atoms in total. The Bertz CT molecular complexity index is 380. The monoisotopic (exact) mass is 367 g/mol. The van der Waals surface area contributed by atoms with Gasteiger partial charge in [-0.25, -0.2) is 0 Å². The number of piperazine rings is 1. The van der Waals surface area contributed by atoms with Crippen LogP contribution in [0.5, 0.6) is 0 Å². The van der Waals surface area contributed by atoms with Crippen molar-refractivity contribution in [3.05, 3.63) is 0 Å². The van der Waals surface area contributed by atoms with E-state index in [4.69, 9.17) is 4.99 Å². The standard InChI is InChI=1S/C21H45N5/c1-7-22-20(24-19(3)11-12-21(4,5)6)23-13-9-10-14-26-17-15-25(8-2)16-18-26/h19H,7-18H2,1-6H3,(H2,22,23,24). The molecule has 0 aliphatic carbocycles. The second-order valence-corrected chi connectivity index (χ2v) is 8.89. The smallest absolute Gasteiger partial charge is 0.191 e. The van der Waals surface area contributed by atoms with E-state index in [1.54, 1.807) is 0 Å². The van der Waals surface area contributed by atoms with Crippen molar-refractivity contribution in [1.29, 1.82) is 0 Å². The van der Waals surface area contributed by atoms with E-state index in [1.165, 1.54) is 65.0 Å². The third-order valence-electron chi connectivity index (χ3n) is 5.12. The van der Waals surface area contributed by atoms with E-state index in [9.17, 15) is 0 Å². The molecular formula is C21H45N5. The Morgan fingerprint density at radius 2 is 1.69 bits per heavy atom. The van der Waals surface area contributed by atoms with Gasteiger partial charge < -0.3 is 20.4 Å². The minimum atomic E-state index is 0.397. The summed E-state index contributed by atoms with van der Waals surface area (Å²) in [6.07, 6.45) is 4.82. The molecule has 0 aromatic carbocycles. The number of unbranched alkanes of at least 4 members (excludes halogenated alkanes) is 1. The molecule has 0 saturated carbocycles. The van der Waals surface area contributed by atoms with Crippen LogP contribution in [0.3, 0.4) is 0 Å². The summed E-state index contributed by atoms with van der Waals surface area (Å²) in [4.78, 5) is 9.92. The van der Waals surface area contributed by atoms with Gasteiger partial charge in [0.1, 0.15) is 0 Å². The molecule has 5 heteroatoms. The van der Waals surface area contributed by atoms with Crippen molar-refractivity contribution in [2.45, 2.75) is 73.3 Å². The molecule has 1 rings (SSSR count). The number of aliphatic imine (C=N–C) groups is 1. The van der Waals surface area contributed by atoms with E-state index in [0.717, 1.165) is 19.0 Å². The number of guanidine groups is 1. The van der Waals surface area contributed by atoms with Crippen LogP contribution in [-0.2, 0) is 0 Å². The SMILES string of the molecule is CCNC(=NCCCCN1CCN(CC)CC1)NC(C)CCC(C)(C)C. The van der Waals surface area contributed by atoms with Gasteiger partial charge in [0.15, 0.2) is 5.96 Å². The van der Waals surface area contributed by atoms with Crippen molar-refractivity contribution in [3.8, 4) is 0 Å². The van der Waals surface area contributed by atoms with Gasteiger partial charge in [0.2, 0.25) is 0 Å². The lowest BCUT2D eigenvalue weighted by Crippen LogP contribution is -2.46. The van der Waals surface area contributed by atoms with Crippen LogP contribution >= 0.6 is 0 Å². The fraction of sp³-hybridized carbons (Fsp3) is 0.952. The molecule has 0 aromatic rings. The van der Waals surface area contributed by atoms with Crippen LogP contribution in [0.1, 0.15) is 67.2 Å². The molecular weight excluding hydrogens is 322 g/mol. The minimum absolute atomic E-state index is 0.397.